The molecule has 0 saturated carbocycles. The zero-order valence-corrected chi connectivity index (χ0v) is 10.2. The molecule has 0 unspecified atom stereocenters. The van der Waals surface area contributed by atoms with Gasteiger partial charge in [-0.25, -0.2) is 5.10 Å². The zero-order chi connectivity index (χ0) is 12.2. The van der Waals surface area contributed by atoms with Gasteiger partial charge in [-0.3, -0.25) is 9.20 Å². The predicted molar refractivity (Wildman–Crippen MR) is 66.4 cm³/mol. The number of hydrogen-bond donors (Lipinski definition) is 2. The first-order chi connectivity index (χ1) is 7.98. The maximum absolute atomic E-state index is 11.7. The molecule has 5 nitrogen and oxygen atoms in total. The molecule has 17 heavy (non-hydrogen) atoms. The van der Waals surface area contributed by atoms with Crippen molar-refractivity contribution in [3.05, 3.63) is 33.7 Å². The molecule has 88 valence electrons. The minimum absolute atomic E-state index is 0.249. The molecule has 3 heterocycles. The third-order valence-corrected chi connectivity index (χ3v) is 3.58. The summed E-state index contributed by atoms with van der Waals surface area (Å²) in [4.78, 5) is 12.6. The second kappa shape index (κ2) is 3.18. The third kappa shape index (κ3) is 1.41. The normalized spacial score (nSPS) is 12.6. The molecule has 0 aliphatic heterocycles. The molecule has 0 saturated heterocycles. The standard InChI is InChI=1S/C11H11N3O2S/c1-11(2,16)10-13-12-8(15)7-5-6-3-4-17-9(6)14(7)10/h3-5,16H,1-2H3,(H,12,15). The third-order valence-electron chi connectivity index (χ3n) is 2.67. The van der Waals surface area contributed by atoms with Crippen molar-refractivity contribution in [3.63, 3.8) is 0 Å². The van der Waals surface area contributed by atoms with Gasteiger partial charge in [-0.05, 0) is 31.4 Å². The van der Waals surface area contributed by atoms with Crippen LogP contribution in [-0.2, 0) is 5.60 Å². The van der Waals surface area contributed by atoms with E-state index in [1.807, 2.05) is 17.5 Å². The number of fused-ring (bicyclic) bond motifs is 3. The van der Waals surface area contributed by atoms with Gasteiger partial charge in [0.25, 0.3) is 5.56 Å². The molecule has 3 aromatic heterocycles. The fourth-order valence-electron chi connectivity index (χ4n) is 1.92. The highest BCUT2D eigenvalue weighted by Gasteiger charge is 2.24. The second-order valence-corrected chi connectivity index (χ2v) is 5.38. The van der Waals surface area contributed by atoms with E-state index in [2.05, 4.69) is 10.2 Å². The molecule has 2 N–H and O–H groups in total. The summed E-state index contributed by atoms with van der Waals surface area (Å²) < 4.78 is 1.72. The van der Waals surface area contributed by atoms with Crippen LogP contribution >= 0.6 is 11.3 Å². The fraction of sp³-hybridized carbons (Fsp3) is 0.273. The van der Waals surface area contributed by atoms with Crippen LogP contribution < -0.4 is 5.56 Å². The number of nitrogens with zero attached hydrogens (tertiary/aromatic N) is 2. The summed E-state index contributed by atoms with van der Waals surface area (Å²) in [5, 5.41) is 19.4. The second-order valence-electron chi connectivity index (χ2n) is 4.48. The average Bonchev–Trinajstić information content (AvgIpc) is 2.76. The van der Waals surface area contributed by atoms with E-state index in [9.17, 15) is 9.90 Å². The Bertz CT molecular complexity index is 760. The van der Waals surface area contributed by atoms with E-state index >= 15 is 0 Å². The summed E-state index contributed by atoms with van der Waals surface area (Å²) in [6.07, 6.45) is 0. The number of aliphatic hydroxyl groups is 1. The SMILES string of the molecule is CC(C)(O)c1n[nH]c(=O)c2cc3ccsc3n12. The summed E-state index contributed by atoms with van der Waals surface area (Å²) in [6.45, 7) is 3.29. The molecule has 3 aromatic rings. The smallest absolute Gasteiger partial charge is 0.288 e. The molecular weight excluding hydrogens is 238 g/mol. The van der Waals surface area contributed by atoms with Crippen molar-refractivity contribution >= 4 is 27.1 Å². The summed E-state index contributed by atoms with van der Waals surface area (Å²) in [7, 11) is 0. The van der Waals surface area contributed by atoms with Crippen LogP contribution in [0, 0.1) is 0 Å². The van der Waals surface area contributed by atoms with Gasteiger partial charge in [-0.2, -0.15) is 5.10 Å². The van der Waals surface area contributed by atoms with Gasteiger partial charge in [-0.15, -0.1) is 11.3 Å². The molecule has 0 amide bonds. The summed E-state index contributed by atoms with van der Waals surface area (Å²) in [5.41, 5.74) is -0.848. The molecule has 3 rings (SSSR count). The molecule has 0 spiro atoms. The molecule has 0 radical (unpaired) electrons. The lowest BCUT2D eigenvalue weighted by Crippen LogP contribution is -2.26. The van der Waals surface area contributed by atoms with E-state index in [1.165, 1.54) is 11.3 Å². The average molecular weight is 249 g/mol. The first-order valence-electron chi connectivity index (χ1n) is 5.18. The highest BCUT2D eigenvalue weighted by molar-refractivity contribution is 7.16. The molecule has 0 aliphatic carbocycles. The Kier molecular flexibility index (Phi) is 1.96. The first kappa shape index (κ1) is 10.5. The largest absolute Gasteiger partial charge is 0.382 e. The Morgan fingerprint density at radius 3 is 3.00 bits per heavy atom. The van der Waals surface area contributed by atoms with E-state index in [4.69, 9.17) is 0 Å². The van der Waals surface area contributed by atoms with Crippen molar-refractivity contribution in [3.8, 4) is 0 Å². The molecular formula is C11H11N3O2S. The Labute approximate surface area is 100 Å². The van der Waals surface area contributed by atoms with E-state index in [1.54, 1.807) is 18.2 Å². The number of rotatable bonds is 1. The van der Waals surface area contributed by atoms with Crippen LogP contribution in [-0.4, -0.2) is 19.7 Å². The summed E-state index contributed by atoms with van der Waals surface area (Å²) >= 11 is 1.52. The summed E-state index contributed by atoms with van der Waals surface area (Å²) in [5.74, 6) is 0.435. The Morgan fingerprint density at radius 1 is 1.53 bits per heavy atom. The molecule has 6 heteroatoms. The van der Waals surface area contributed by atoms with Gasteiger partial charge in [0.15, 0.2) is 5.82 Å². The lowest BCUT2D eigenvalue weighted by Gasteiger charge is -2.17. The maximum Gasteiger partial charge on any atom is 0.288 e. The van der Waals surface area contributed by atoms with E-state index < -0.39 is 5.60 Å². The van der Waals surface area contributed by atoms with Gasteiger partial charge in [-0.1, -0.05) is 0 Å². The lowest BCUT2D eigenvalue weighted by atomic mass is 10.1. The number of aromatic nitrogens is 3. The first-order valence-corrected chi connectivity index (χ1v) is 6.06. The number of thiophene rings is 1. The number of H-pyrrole nitrogens is 1. The van der Waals surface area contributed by atoms with Crippen LogP contribution in [0.4, 0.5) is 0 Å². The van der Waals surface area contributed by atoms with Gasteiger partial charge < -0.3 is 5.11 Å². The number of hydrogen-bond acceptors (Lipinski definition) is 4. The molecule has 0 atom stereocenters. The Balaban J connectivity index is 2.59. The van der Waals surface area contributed by atoms with Crippen molar-refractivity contribution in [2.75, 3.05) is 0 Å². The van der Waals surface area contributed by atoms with Crippen LogP contribution in [0.2, 0.25) is 0 Å². The van der Waals surface area contributed by atoms with Crippen LogP contribution in [0.25, 0.3) is 15.7 Å². The van der Waals surface area contributed by atoms with E-state index in [0.717, 1.165) is 10.2 Å². The van der Waals surface area contributed by atoms with Crippen molar-refractivity contribution in [2.45, 2.75) is 19.4 Å². The Morgan fingerprint density at radius 2 is 2.29 bits per heavy atom. The molecule has 0 aromatic carbocycles. The van der Waals surface area contributed by atoms with Crippen LogP contribution in [0.15, 0.2) is 22.3 Å². The molecule has 0 aliphatic rings. The van der Waals surface area contributed by atoms with Gasteiger partial charge in [0, 0.05) is 5.39 Å². The van der Waals surface area contributed by atoms with Crippen molar-refractivity contribution < 1.29 is 5.11 Å². The van der Waals surface area contributed by atoms with Gasteiger partial charge >= 0.3 is 0 Å². The Hall–Kier alpha value is -1.66. The van der Waals surface area contributed by atoms with Crippen molar-refractivity contribution in [1.29, 1.82) is 0 Å². The van der Waals surface area contributed by atoms with Gasteiger partial charge in [0.1, 0.15) is 15.9 Å². The minimum atomic E-state index is -1.11. The lowest BCUT2D eigenvalue weighted by molar-refractivity contribution is 0.0665. The quantitative estimate of drug-likeness (QED) is 0.686. The summed E-state index contributed by atoms with van der Waals surface area (Å²) in [6, 6.07) is 3.75. The van der Waals surface area contributed by atoms with Crippen LogP contribution in [0.3, 0.4) is 0 Å². The predicted octanol–water partition coefficient (Wildman–Crippen LogP) is 1.46. The molecule has 0 bridgehead atoms. The van der Waals surface area contributed by atoms with Crippen LogP contribution in [0.5, 0.6) is 0 Å². The zero-order valence-electron chi connectivity index (χ0n) is 9.39. The van der Waals surface area contributed by atoms with Gasteiger partial charge in [0.2, 0.25) is 0 Å². The topological polar surface area (TPSA) is 70.4 Å². The highest BCUT2D eigenvalue weighted by Crippen LogP contribution is 2.27. The monoisotopic (exact) mass is 249 g/mol. The highest BCUT2D eigenvalue weighted by atomic mass is 32.1. The number of aromatic amines is 1. The van der Waals surface area contributed by atoms with E-state index in [-0.39, 0.29) is 5.56 Å². The van der Waals surface area contributed by atoms with Crippen LogP contribution in [0.1, 0.15) is 19.7 Å². The van der Waals surface area contributed by atoms with E-state index in [0.29, 0.717) is 11.3 Å². The van der Waals surface area contributed by atoms with Crippen molar-refractivity contribution in [2.24, 2.45) is 0 Å². The van der Waals surface area contributed by atoms with Crippen molar-refractivity contribution in [1.82, 2.24) is 14.6 Å². The molecule has 0 fully saturated rings. The number of nitrogens with one attached hydrogen (secondary N) is 1. The maximum atomic E-state index is 11.7. The minimum Gasteiger partial charge on any atom is -0.382 e. The fourth-order valence-corrected chi connectivity index (χ4v) is 2.82. The van der Waals surface area contributed by atoms with Gasteiger partial charge in [0.05, 0.1) is 0 Å².